The van der Waals surface area contributed by atoms with E-state index in [1.54, 1.807) is 38.5 Å². The lowest BCUT2D eigenvalue weighted by molar-refractivity contribution is -0.122. The fraction of sp³-hybridized carbons (Fsp3) is 0.316. The fourth-order valence-electron chi connectivity index (χ4n) is 2.39. The third-order valence-corrected chi connectivity index (χ3v) is 3.91. The molecule has 2 aromatic rings. The number of halogens is 1. The van der Waals surface area contributed by atoms with Gasteiger partial charge in [-0.15, -0.1) is 0 Å². The Bertz CT molecular complexity index is 720. The standard InChI is InChI=1S/C19H22ClNO4/c1-13(17-12-15(23-2)7-8-18(17)24-3)21-19(22)9-10-25-16-6-4-5-14(20)11-16/h4-8,11-13H,9-10H2,1-3H3,(H,21,22)/t13-/m0/s1. The molecule has 0 fully saturated rings. The molecule has 134 valence electrons. The molecule has 6 heteroatoms. The molecule has 0 saturated heterocycles. The van der Waals surface area contributed by atoms with Crippen molar-refractivity contribution < 1.29 is 19.0 Å². The van der Waals surface area contributed by atoms with Crippen molar-refractivity contribution >= 4 is 17.5 Å². The van der Waals surface area contributed by atoms with Crippen LogP contribution in [0.1, 0.15) is 24.9 Å². The van der Waals surface area contributed by atoms with Crippen molar-refractivity contribution in [2.75, 3.05) is 20.8 Å². The minimum absolute atomic E-state index is 0.112. The summed E-state index contributed by atoms with van der Waals surface area (Å²) >= 11 is 5.89. The lowest BCUT2D eigenvalue weighted by atomic mass is 10.1. The molecule has 0 aliphatic heterocycles. The molecule has 1 N–H and O–H groups in total. The van der Waals surface area contributed by atoms with Crippen molar-refractivity contribution in [2.45, 2.75) is 19.4 Å². The maximum Gasteiger partial charge on any atom is 0.223 e. The first-order valence-corrected chi connectivity index (χ1v) is 8.31. The SMILES string of the molecule is COc1ccc(OC)c([C@H](C)NC(=O)CCOc2cccc(Cl)c2)c1. The van der Waals surface area contributed by atoms with Crippen LogP contribution in [0.4, 0.5) is 0 Å². The summed E-state index contributed by atoms with van der Waals surface area (Å²) in [5, 5.41) is 3.54. The Kier molecular flexibility index (Phi) is 6.95. The first-order valence-electron chi connectivity index (χ1n) is 7.93. The summed E-state index contributed by atoms with van der Waals surface area (Å²) in [6, 6.07) is 12.3. The normalized spacial score (nSPS) is 11.5. The lowest BCUT2D eigenvalue weighted by Gasteiger charge is -2.18. The summed E-state index contributed by atoms with van der Waals surface area (Å²) in [7, 11) is 3.20. The molecule has 1 amide bonds. The molecule has 0 bridgehead atoms. The number of carbonyl (C=O) groups is 1. The van der Waals surface area contributed by atoms with E-state index in [9.17, 15) is 4.79 Å². The molecule has 0 saturated carbocycles. The van der Waals surface area contributed by atoms with Crippen molar-refractivity contribution in [3.63, 3.8) is 0 Å². The monoisotopic (exact) mass is 363 g/mol. The summed E-state index contributed by atoms with van der Waals surface area (Å²) in [6.07, 6.45) is 0.239. The number of benzene rings is 2. The van der Waals surface area contributed by atoms with E-state index in [-0.39, 0.29) is 25.0 Å². The maximum atomic E-state index is 12.1. The van der Waals surface area contributed by atoms with Crippen LogP contribution >= 0.6 is 11.6 Å². The number of hydrogen-bond acceptors (Lipinski definition) is 4. The van der Waals surface area contributed by atoms with Crippen LogP contribution in [-0.2, 0) is 4.79 Å². The molecule has 0 aliphatic carbocycles. The molecule has 0 aromatic heterocycles. The topological polar surface area (TPSA) is 56.8 Å². The second-order valence-corrected chi connectivity index (χ2v) is 5.89. The molecule has 5 nitrogen and oxygen atoms in total. The second-order valence-electron chi connectivity index (χ2n) is 5.45. The molecule has 0 radical (unpaired) electrons. The smallest absolute Gasteiger partial charge is 0.223 e. The van der Waals surface area contributed by atoms with Gasteiger partial charge in [0.1, 0.15) is 17.2 Å². The van der Waals surface area contributed by atoms with Crippen LogP contribution in [0.25, 0.3) is 0 Å². The van der Waals surface area contributed by atoms with Crippen molar-refractivity contribution in [2.24, 2.45) is 0 Å². The molecular formula is C19H22ClNO4. The number of nitrogens with one attached hydrogen (secondary N) is 1. The molecule has 2 aromatic carbocycles. The zero-order chi connectivity index (χ0) is 18.2. The second kappa shape index (κ2) is 9.18. The largest absolute Gasteiger partial charge is 0.497 e. The molecule has 0 heterocycles. The highest BCUT2D eigenvalue weighted by molar-refractivity contribution is 6.30. The van der Waals surface area contributed by atoms with E-state index in [1.807, 2.05) is 25.1 Å². The predicted octanol–water partition coefficient (Wildman–Crippen LogP) is 4.00. The van der Waals surface area contributed by atoms with Crippen LogP contribution in [0.2, 0.25) is 5.02 Å². The highest BCUT2D eigenvalue weighted by atomic mass is 35.5. The molecule has 0 unspecified atom stereocenters. The van der Waals surface area contributed by atoms with Crippen LogP contribution in [0.15, 0.2) is 42.5 Å². The van der Waals surface area contributed by atoms with Gasteiger partial charge in [-0.1, -0.05) is 17.7 Å². The number of rotatable bonds is 8. The summed E-state index contributed by atoms with van der Waals surface area (Å²) in [5.41, 5.74) is 0.853. The van der Waals surface area contributed by atoms with E-state index in [0.717, 1.165) is 5.56 Å². The van der Waals surface area contributed by atoms with Crippen LogP contribution in [-0.4, -0.2) is 26.7 Å². The highest BCUT2D eigenvalue weighted by Crippen LogP contribution is 2.29. The Hall–Kier alpha value is -2.40. The van der Waals surface area contributed by atoms with E-state index in [0.29, 0.717) is 22.3 Å². The molecular weight excluding hydrogens is 342 g/mol. The Labute approximate surface area is 152 Å². The fourth-order valence-corrected chi connectivity index (χ4v) is 2.57. The van der Waals surface area contributed by atoms with Crippen molar-refractivity contribution in [3.8, 4) is 17.2 Å². The minimum Gasteiger partial charge on any atom is -0.497 e. The van der Waals surface area contributed by atoms with Gasteiger partial charge in [-0.25, -0.2) is 0 Å². The number of ether oxygens (including phenoxy) is 3. The van der Waals surface area contributed by atoms with Gasteiger partial charge in [0.25, 0.3) is 0 Å². The van der Waals surface area contributed by atoms with Gasteiger partial charge in [-0.2, -0.15) is 0 Å². The Balaban J connectivity index is 1.89. The van der Waals surface area contributed by atoms with E-state index < -0.39 is 0 Å². The van der Waals surface area contributed by atoms with Crippen molar-refractivity contribution in [1.29, 1.82) is 0 Å². The summed E-state index contributed by atoms with van der Waals surface area (Å²) in [5.74, 6) is 1.94. The quantitative estimate of drug-likeness (QED) is 0.770. The van der Waals surface area contributed by atoms with Gasteiger partial charge in [0.05, 0.1) is 33.3 Å². The van der Waals surface area contributed by atoms with Crippen LogP contribution in [0.5, 0.6) is 17.2 Å². The van der Waals surface area contributed by atoms with Gasteiger partial charge in [0.2, 0.25) is 5.91 Å². The van der Waals surface area contributed by atoms with E-state index >= 15 is 0 Å². The van der Waals surface area contributed by atoms with Gasteiger partial charge in [-0.05, 0) is 43.3 Å². The van der Waals surface area contributed by atoms with Gasteiger partial charge in [0, 0.05) is 10.6 Å². The lowest BCUT2D eigenvalue weighted by Crippen LogP contribution is -2.28. The van der Waals surface area contributed by atoms with Crippen LogP contribution in [0.3, 0.4) is 0 Å². The number of hydrogen-bond donors (Lipinski definition) is 1. The van der Waals surface area contributed by atoms with Crippen molar-refractivity contribution in [3.05, 3.63) is 53.1 Å². The zero-order valence-electron chi connectivity index (χ0n) is 14.5. The summed E-state index contributed by atoms with van der Waals surface area (Å²) < 4.78 is 16.1. The van der Waals surface area contributed by atoms with Gasteiger partial charge in [-0.3, -0.25) is 4.79 Å². The van der Waals surface area contributed by atoms with E-state index in [2.05, 4.69) is 5.32 Å². The average molecular weight is 364 g/mol. The Morgan fingerprint density at radius 2 is 1.92 bits per heavy atom. The van der Waals surface area contributed by atoms with E-state index in [4.69, 9.17) is 25.8 Å². The average Bonchev–Trinajstić information content (AvgIpc) is 2.61. The van der Waals surface area contributed by atoms with Crippen LogP contribution < -0.4 is 19.5 Å². The van der Waals surface area contributed by atoms with Crippen molar-refractivity contribution in [1.82, 2.24) is 5.32 Å². The minimum atomic E-state index is -0.219. The number of carbonyl (C=O) groups excluding carboxylic acids is 1. The van der Waals surface area contributed by atoms with Gasteiger partial charge >= 0.3 is 0 Å². The Morgan fingerprint density at radius 1 is 1.12 bits per heavy atom. The molecule has 2 rings (SSSR count). The molecule has 25 heavy (non-hydrogen) atoms. The summed E-state index contributed by atoms with van der Waals surface area (Å²) in [6.45, 7) is 2.17. The molecule has 1 atom stereocenters. The number of methoxy groups -OCH3 is 2. The maximum absolute atomic E-state index is 12.1. The Morgan fingerprint density at radius 3 is 2.60 bits per heavy atom. The molecule has 0 aliphatic rings. The predicted molar refractivity (Wildman–Crippen MR) is 97.7 cm³/mol. The first kappa shape index (κ1) is 18.9. The third-order valence-electron chi connectivity index (χ3n) is 3.67. The molecule has 0 spiro atoms. The van der Waals surface area contributed by atoms with E-state index in [1.165, 1.54) is 0 Å². The van der Waals surface area contributed by atoms with Gasteiger partial charge in [0.15, 0.2) is 0 Å². The summed E-state index contributed by atoms with van der Waals surface area (Å²) in [4.78, 5) is 12.1. The first-order chi connectivity index (χ1) is 12.0. The zero-order valence-corrected chi connectivity index (χ0v) is 15.3. The van der Waals surface area contributed by atoms with Gasteiger partial charge < -0.3 is 19.5 Å². The highest BCUT2D eigenvalue weighted by Gasteiger charge is 2.15. The van der Waals surface area contributed by atoms with Crippen LogP contribution in [0, 0.1) is 0 Å². The third kappa shape index (κ3) is 5.57. The number of amides is 1.